The van der Waals surface area contributed by atoms with Gasteiger partial charge in [0, 0.05) is 10.0 Å². The number of carbonyl (C=O) groups is 2. The lowest BCUT2D eigenvalue weighted by atomic mass is 10.1. The van der Waals surface area contributed by atoms with Crippen LogP contribution in [0.1, 0.15) is 26.3 Å². The highest BCUT2D eigenvalue weighted by Crippen LogP contribution is 2.38. The minimum Gasteiger partial charge on any atom is -0.493 e. The maximum atomic E-state index is 12.6. The summed E-state index contributed by atoms with van der Waals surface area (Å²) in [6.45, 7) is 0. The Labute approximate surface area is 210 Å². The molecule has 0 aliphatic carbocycles. The van der Waals surface area contributed by atoms with Gasteiger partial charge in [-0.3, -0.25) is 4.79 Å². The molecule has 0 aliphatic heterocycles. The number of carbonyl (C=O) groups excluding carboxylic acids is 2. The van der Waals surface area contributed by atoms with E-state index >= 15 is 0 Å². The van der Waals surface area contributed by atoms with E-state index < -0.39 is 11.9 Å². The third-order valence-corrected chi connectivity index (χ3v) is 5.48. The normalized spacial score (nSPS) is 10.5. The molecule has 35 heavy (non-hydrogen) atoms. The summed E-state index contributed by atoms with van der Waals surface area (Å²) >= 11 is 3.33. The van der Waals surface area contributed by atoms with Crippen LogP contribution < -0.4 is 29.1 Å². The van der Waals surface area contributed by atoms with Crippen LogP contribution in [-0.4, -0.2) is 46.5 Å². The molecule has 3 aromatic rings. The Morgan fingerprint density at radius 2 is 1.49 bits per heavy atom. The molecule has 1 amide bonds. The van der Waals surface area contributed by atoms with E-state index in [1.54, 1.807) is 42.5 Å². The number of amides is 1. The summed E-state index contributed by atoms with van der Waals surface area (Å²) in [5.41, 5.74) is 3.70. The SMILES string of the molecule is COc1cc(C=NNC(=O)c2cc(OC)c(OC)c(OC)c2)ccc1OC(=O)c1ccccc1Br. The minimum atomic E-state index is -0.533. The lowest BCUT2D eigenvalue weighted by molar-refractivity contribution is 0.0728. The van der Waals surface area contributed by atoms with Crippen LogP contribution in [-0.2, 0) is 0 Å². The molecule has 9 nitrogen and oxygen atoms in total. The van der Waals surface area contributed by atoms with Gasteiger partial charge in [0.25, 0.3) is 5.91 Å². The second-order valence-corrected chi connectivity index (χ2v) is 7.75. The molecule has 0 unspecified atom stereocenters. The first-order chi connectivity index (χ1) is 16.9. The van der Waals surface area contributed by atoms with E-state index in [9.17, 15) is 9.59 Å². The molecule has 10 heteroatoms. The molecule has 0 saturated heterocycles. The van der Waals surface area contributed by atoms with Crippen molar-refractivity contribution in [2.24, 2.45) is 5.10 Å². The van der Waals surface area contributed by atoms with Gasteiger partial charge in [-0.05, 0) is 64.0 Å². The van der Waals surface area contributed by atoms with Gasteiger partial charge >= 0.3 is 5.97 Å². The molecule has 0 spiro atoms. The fourth-order valence-electron chi connectivity index (χ4n) is 3.07. The summed E-state index contributed by atoms with van der Waals surface area (Å²) in [4.78, 5) is 25.1. The van der Waals surface area contributed by atoms with Crippen molar-refractivity contribution < 1.29 is 33.3 Å². The smallest absolute Gasteiger partial charge is 0.344 e. The van der Waals surface area contributed by atoms with Gasteiger partial charge in [0.15, 0.2) is 23.0 Å². The Balaban J connectivity index is 1.72. The van der Waals surface area contributed by atoms with Gasteiger partial charge in [-0.2, -0.15) is 5.10 Å². The van der Waals surface area contributed by atoms with Crippen molar-refractivity contribution in [2.75, 3.05) is 28.4 Å². The number of benzene rings is 3. The van der Waals surface area contributed by atoms with E-state index in [1.165, 1.54) is 46.8 Å². The first-order valence-electron chi connectivity index (χ1n) is 10.2. The zero-order chi connectivity index (χ0) is 25.4. The van der Waals surface area contributed by atoms with Crippen molar-refractivity contribution in [3.05, 3.63) is 75.8 Å². The number of methoxy groups -OCH3 is 4. The molecule has 1 N–H and O–H groups in total. The van der Waals surface area contributed by atoms with Crippen LogP contribution in [0.3, 0.4) is 0 Å². The fraction of sp³-hybridized carbons (Fsp3) is 0.160. The fourth-order valence-corrected chi connectivity index (χ4v) is 3.52. The Bertz CT molecular complexity index is 1240. The van der Waals surface area contributed by atoms with Gasteiger partial charge in [-0.15, -0.1) is 0 Å². The predicted molar refractivity (Wildman–Crippen MR) is 133 cm³/mol. The summed E-state index contributed by atoms with van der Waals surface area (Å²) < 4.78 is 27.2. The molecule has 0 aromatic heterocycles. The Kier molecular flexibility index (Phi) is 8.69. The average Bonchev–Trinajstić information content (AvgIpc) is 2.88. The van der Waals surface area contributed by atoms with E-state index in [1.807, 2.05) is 0 Å². The van der Waals surface area contributed by atoms with Crippen LogP contribution in [0.15, 0.2) is 64.2 Å². The van der Waals surface area contributed by atoms with E-state index in [2.05, 4.69) is 26.5 Å². The molecular formula is C25H23BrN2O7. The van der Waals surface area contributed by atoms with Gasteiger partial charge in [-0.25, -0.2) is 10.2 Å². The first-order valence-corrected chi connectivity index (χ1v) is 11.0. The molecule has 0 heterocycles. The summed E-state index contributed by atoms with van der Waals surface area (Å²) in [6.07, 6.45) is 1.43. The maximum absolute atomic E-state index is 12.6. The van der Waals surface area contributed by atoms with Crippen molar-refractivity contribution in [3.8, 4) is 28.7 Å². The van der Waals surface area contributed by atoms with E-state index in [0.717, 1.165) is 0 Å². The Morgan fingerprint density at radius 1 is 0.829 bits per heavy atom. The van der Waals surface area contributed by atoms with Crippen LogP contribution in [0.2, 0.25) is 0 Å². The third-order valence-electron chi connectivity index (χ3n) is 4.79. The minimum absolute atomic E-state index is 0.242. The first kappa shape index (κ1) is 25.6. The molecule has 3 aromatic carbocycles. The summed E-state index contributed by atoms with van der Waals surface area (Å²) in [5, 5.41) is 3.99. The zero-order valence-electron chi connectivity index (χ0n) is 19.5. The molecule has 182 valence electrons. The van der Waals surface area contributed by atoms with Gasteiger partial charge in [-0.1, -0.05) is 12.1 Å². The molecule has 3 rings (SSSR count). The molecule has 0 saturated carbocycles. The molecule has 0 fully saturated rings. The molecule has 0 bridgehead atoms. The van der Waals surface area contributed by atoms with Gasteiger partial charge < -0.3 is 23.7 Å². The summed E-state index contributed by atoms with van der Waals surface area (Å²) in [6, 6.07) is 14.8. The number of ether oxygens (including phenoxy) is 5. The third kappa shape index (κ3) is 6.10. The van der Waals surface area contributed by atoms with Crippen molar-refractivity contribution in [3.63, 3.8) is 0 Å². The highest BCUT2D eigenvalue weighted by Gasteiger charge is 2.17. The number of hydrazone groups is 1. The standard InChI is InChI=1S/C25H23BrN2O7/c1-31-20-11-15(9-10-19(20)35-25(30)17-7-5-6-8-18(17)26)14-27-28-24(29)16-12-21(32-2)23(34-4)22(13-16)33-3/h5-14H,1-4H3,(H,28,29). The molecule has 0 atom stereocenters. The van der Waals surface area contributed by atoms with Crippen LogP contribution in [0, 0.1) is 0 Å². The molecule has 0 aliphatic rings. The second kappa shape index (κ2) is 11.9. The highest BCUT2D eigenvalue weighted by atomic mass is 79.9. The number of hydrogen-bond acceptors (Lipinski definition) is 8. The van der Waals surface area contributed by atoms with E-state index in [0.29, 0.717) is 38.6 Å². The topological polar surface area (TPSA) is 105 Å². The molecular weight excluding hydrogens is 520 g/mol. The maximum Gasteiger partial charge on any atom is 0.344 e. The number of esters is 1. The second-order valence-electron chi connectivity index (χ2n) is 6.89. The number of rotatable bonds is 9. The number of nitrogens with one attached hydrogen (secondary N) is 1. The summed E-state index contributed by atoms with van der Waals surface area (Å²) in [7, 11) is 5.86. The van der Waals surface area contributed by atoms with E-state index in [-0.39, 0.29) is 11.3 Å². The van der Waals surface area contributed by atoms with Crippen LogP contribution in [0.4, 0.5) is 0 Å². The van der Waals surface area contributed by atoms with Crippen LogP contribution in [0.5, 0.6) is 28.7 Å². The van der Waals surface area contributed by atoms with Crippen LogP contribution in [0.25, 0.3) is 0 Å². The largest absolute Gasteiger partial charge is 0.493 e. The number of hydrogen-bond donors (Lipinski definition) is 1. The van der Waals surface area contributed by atoms with Crippen molar-refractivity contribution >= 4 is 34.0 Å². The van der Waals surface area contributed by atoms with Crippen LogP contribution >= 0.6 is 15.9 Å². The van der Waals surface area contributed by atoms with Gasteiger partial charge in [0.2, 0.25) is 5.75 Å². The predicted octanol–water partition coefficient (Wildman–Crippen LogP) is 4.47. The Morgan fingerprint density at radius 3 is 2.09 bits per heavy atom. The van der Waals surface area contributed by atoms with Crippen molar-refractivity contribution in [1.29, 1.82) is 0 Å². The lowest BCUT2D eigenvalue weighted by Crippen LogP contribution is -2.18. The quantitative estimate of drug-likeness (QED) is 0.184. The lowest BCUT2D eigenvalue weighted by Gasteiger charge is -2.13. The van der Waals surface area contributed by atoms with Crippen molar-refractivity contribution in [2.45, 2.75) is 0 Å². The monoisotopic (exact) mass is 542 g/mol. The summed E-state index contributed by atoms with van der Waals surface area (Å²) in [5.74, 6) is 0.623. The van der Waals surface area contributed by atoms with Crippen molar-refractivity contribution in [1.82, 2.24) is 5.43 Å². The molecule has 0 radical (unpaired) electrons. The average molecular weight is 543 g/mol. The van der Waals surface area contributed by atoms with Gasteiger partial charge in [0.1, 0.15) is 0 Å². The number of halogens is 1. The van der Waals surface area contributed by atoms with E-state index in [4.69, 9.17) is 23.7 Å². The van der Waals surface area contributed by atoms with Gasteiger partial charge in [0.05, 0.1) is 40.2 Å². The Hall–Kier alpha value is -4.05. The number of nitrogens with zero attached hydrogens (tertiary/aromatic N) is 1. The highest BCUT2D eigenvalue weighted by molar-refractivity contribution is 9.10. The zero-order valence-corrected chi connectivity index (χ0v) is 21.0.